The predicted molar refractivity (Wildman–Crippen MR) is 120 cm³/mol. The molecule has 2 aromatic carbocycles. The number of nitrogens with zero attached hydrogens (tertiary/aromatic N) is 1. The molecular weight excluding hydrogens is 432 g/mol. The second kappa shape index (κ2) is 10.5. The molecule has 3 aromatic rings. The van der Waals surface area contributed by atoms with Crippen molar-refractivity contribution in [2.24, 2.45) is 0 Å². The van der Waals surface area contributed by atoms with Crippen LogP contribution in [0.4, 0.5) is 11.4 Å². The van der Waals surface area contributed by atoms with Crippen molar-refractivity contribution in [3.05, 3.63) is 92.2 Å². The smallest absolute Gasteiger partial charge is 0.307 e. The Labute approximate surface area is 188 Å². The first-order valence-electron chi connectivity index (χ1n) is 9.72. The molecule has 0 radical (unpaired) electrons. The zero-order valence-corrected chi connectivity index (χ0v) is 18.0. The Morgan fingerprint density at radius 3 is 2.47 bits per heavy atom. The van der Waals surface area contributed by atoms with E-state index in [-0.39, 0.29) is 30.0 Å². The molecule has 0 spiro atoms. The minimum absolute atomic E-state index is 0.00421. The third kappa shape index (κ3) is 5.86. The molecule has 1 aromatic heterocycles. The van der Waals surface area contributed by atoms with Gasteiger partial charge in [-0.1, -0.05) is 42.5 Å². The van der Waals surface area contributed by atoms with Crippen LogP contribution >= 0.6 is 11.3 Å². The van der Waals surface area contributed by atoms with E-state index in [4.69, 9.17) is 4.74 Å². The number of thiophene rings is 1. The minimum Gasteiger partial charge on any atom is -0.447 e. The topological polar surface area (TPSA) is 116 Å². The van der Waals surface area contributed by atoms with E-state index >= 15 is 0 Å². The third-order valence-corrected chi connectivity index (χ3v) is 5.46. The Bertz CT molecular complexity index is 1130. The number of hydrogen-bond donors (Lipinski definition) is 1. The molecule has 1 amide bonds. The van der Waals surface area contributed by atoms with Crippen LogP contribution in [0.2, 0.25) is 0 Å². The summed E-state index contributed by atoms with van der Waals surface area (Å²) in [5.74, 6) is -1.65. The van der Waals surface area contributed by atoms with Gasteiger partial charge >= 0.3 is 5.97 Å². The molecule has 1 heterocycles. The van der Waals surface area contributed by atoms with Crippen LogP contribution in [-0.4, -0.2) is 22.6 Å². The highest BCUT2D eigenvalue weighted by molar-refractivity contribution is 7.12. The number of nitro groups is 1. The van der Waals surface area contributed by atoms with Gasteiger partial charge in [-0.15, -0.1) is 11.3 Å². The van der Waals surface area contributed by atoms with Crippen molar-refractivity contribution in [1.29, 1.82) is 0 Å². The number of nitrogens with one attached hydrogen (secondary N) is 1. The highest BCUT2D eigenvalue weighted by Gasteiger charge is 2.27. The number of amides is 1. The number of ketones is 1. The number of anilines is 1. The lowest BCUT2D eigenvalue weighted by Crippen LogP contribution is -2.26. The van der Waals surface area contributed by atoms with Crippen LogP contribution in [0.15, 0.2) is 66.0 Å². The molecule has 0 fully saturated rings. The van der Waals surface area contributed by atoms with Gasteiger partial charge in [0, 0.05) is 18.1 Å². The summed E-state index contributed by atoms with van der Waals surface area (Å²) in [7, 11) is 0. The van der Waals surface area contributed by atoms with Crippen LogP contribution in [0.25, 0.3) is 0 Å². The van der Waals surface area contributed by atoms with Crippen LogP contribution in [0.3, 0.4) is 0 Å². The Hall–Kier alpha value is -3.85. The Kier molecular flexibility index (Phi) is 7.45. The van der Waals surface area contributed by atoms with Crippen molar-refractivity contribution in [1.82, 2.24) is 0 Å². The van der Waals surface area contributed by atoms with Crippen LogP contribution in [0, 0.1) is 17.0 Å². The Morgan fingerprint density at radius 1 is 1.06 bits per heavy atom. The second-order valence-corrected chi connectivity index (χ2v) is 7.90. The number of hydrogen-bond acceptors (Lipinski definition) is 7. The molecule has 0 saturated carbocycles. The largest absolute Gasteiger partial charge is 0.447 e. The number of carbonyl (C=O) groups is 3. The number of rotatable bonds is 9. The molecule has 0 aliphatic heterocycles. The maximum Gasteiger partial charge on any atom is 0.307 e. The molecular formula is C23H20N2O6S. The lowest BCUT2D eigenvalue weighted by molar-refractivity contribution is -0.384. The molecule has 0 aliphatic carbocycles. The molecule has 3 rings (SSSR count). The number of esters is 1. The van der Waals surface area contributed by atoms with E-state index in [0.29, 0.717) is 16.0 Å². The lowest BCUT2D eigenvalue weighted by atomic mass is 10.1. The van der Waals surface area contributed by atoms with E-state index in [2.05, 4.69) is 5.32 Å². The maximum absolute atomic E-state index is 13.0. The van der Waals surface area contributed by atoms with Gasteiger partial charge in [0.1, 0.15) is 5.69 Å². The van der Waals surface area contributed by atoms with Crippen molar-refractivity contribution < 1.29 is 24.0 Å². The van der Waals surface area contributed by atoms with Gasteiger partial charge < -0.3 is 10.1 Å². The van der Waals surface area contributed by atoms with Crippen molar-refractivity contribution >= 4 is 40.4 Å². The number of ether oxygens (including phenoxy) is 1. The first-order valence-corrected chi connectivity index (χ1v) is 10.6. The van der Waals surface area contributed by atoms with Crippen molar-refractivity contribution in [2.45, 2.75) is 25.9 Å². The van der Waals surface area contributed by atoms with Gasteiger partial charge in [0.05, 0.1) is 16.2 Å². The fraction of sp³-hybridized carbons (Fsp3) is 0.174. The summed E-state index contributed by atoms with van der Waals surface area (Å²) in [5.41, 5.74) is 0.794. The van der Waals surface area contributed by atoms with Crippen molar-refractivity contribution in [3.8, 4) is 0 Å². The molecule has 1 unspecified atom stereocenters. The minimum atomic E-state index is -1.33. The molecule has 164 valence electrons. The van der Waals surface area contributed by atoms with E-state index in [1.54, 1.807) is 60.8 Å². The van der Waals surface area contributed by atoms with Gasteiger partial charge in [-0.2, -0.15) is 0 Å². The maximum atomic E-state index is 13.0. The standard InChI is InChI=1S/C23H20N2O6S/c1-15-9-10-17(18(14-15)25(29)30)24-23(28)22(16-6-3-2-4-7-16)31-21(27)12-11-19(26)20-8-5-13-32-20/h2-10,13-14,22H,11-12H2,1H3,(H,24,28). The summed E-state index contributed by atoms with van der Waals surface area (Å²) in [5, 5.41) is 15.6. The van der Waals surface area contributed by atoms with E-state index in [1.165, 1.54) is 23.5 Å². The molecule has 9 heteroatoms. The molecule has 1 N–H and O–H groups in total. The van der Waals surface area contributed by atoms with Gasteiger partial charge in [0.15, 0.2) is 5.78 Å². The van der Waals surface area contributed by atoms with Gasteiger partial charge in [-0.05, 0) is 30.0 Å². The molecule has 8 nitrogen and oxygen atoms in total. The highest BCUT2D eigenvalue weighted by atomic mass is 32.1. The fourth-order valence-electron chi connectivity index (χ4n) is 2.96. The predicted octanol–water partition coefficient (Wildman–Crippen LogP) is 4.85. The van der Waals surface area contributed by atoms with Crippen molar-refractivity contribution in [2.75, 3.05) is 5.32 Å². The van der Waals surface area contributed by atoms with E-state index in [1.807, 2.05) is 0 Å². The average Bonchev–Trinajstić information content (AvgIpc) is 3.32. The Balaban J connectivity index is 1.75. The zero-order chi connectivity index (χ0) is 23.1. The summed E-state index contributed by atoms with van der Waals surface area (Å²) >= 11 is 1.28. The van der Waals surface area contributed by atoms with E-state index in [0.717, 1.165) is 0 Å². The van der Waals surface area contributed by atoms with Crippen molar-refractivity contribution in [3.63, 3.8) is 0 Å². The van der Waals surface area contributed by atoms with Gasteiger partial charge in [-0.3, -0.25) is 24.5 Å². The first-order chi connectivity index (χ1) is 15.3. The van der Waals surface area contributed by atoms with Crippen LogP contribution in [0.1, 0.15) is 39.7 Å². The molecule has 0 aliphatic rings. The third-order valence-electron chi connectivity index (χ3n) is 4.55. The second-order valence-electron chi connectivity index (χ2n) is 6.95. The molecule has 32 heavy (non-hydrogen) atoms. The summed E-state index contributed by atoms with van der Waals surface area (Å²) in [6.45, 7) is 1.70. The van der Waals surface area contributed by atoms with Crippen LogP contribution in [0.5, 0.6) is 0 Å². The number of benzene rings is 2. The Morgan fingerprint density at radius 2 is 1.81 bits per heavy atom. The van der Waals surface area contributed by atoms with Gasteiger partial charge in [0.2, 0.25) is 6.10 Å². The summed E-state index contributed by atoms with van der Waals surface area (Å²) in [6.07, 6.45) is -1.58. The van der Waals surface area contributed by atoms with Crippen LogP contribution in [-0.2, 0) is 14.3 Å². The molecule has 0 saturated heterocycles. The zero-order valence-electron chi connectivity index (χ0n) is 17.1. The monoisotopic (exact) mass is 452 g/mol. The average molecular weight is 452 g/mol. The summed E-state index contributed by atoms with van der Waals surface area (Å²) in [4.78, 5) is 48.8. The van der Waals surface area contributed by atoms with E-state index in [9.17, 15) is 24.5 Å². The first kappa shape index (κ1) is 22.8. The summed E-state index contributed by atoms with van der Waals surface area (Å²) < 4.78 is 5.39. The number of nitro benzene ring substituents is 1. The van der Waals surface area contributed by atoms with Crippen LogP contribution < -0.4 is 5.32 Å². The lowest BCUT2D eigenvalue weighted by Gasteiger charge is -2.18. The highest BCUT2D eigenvalue weighted by Crippen LogP contribution is 2.28. The number of aryl methyl sites for hydroxylation is 1. The summed E-state index contributed by atoms with van der Waals surface area (Å²) in [6, 6.07) is 16.1. The molecule has 1 atom stereocenters. The van der Waals surface area contributed by atoms with Gasteiger partial charge in [-0.25, -0.2) is 0 Å². The van der Waals surface area contributed by atoms with E-state index < -0.39 is 22.9 Å². The quantitative estimate of drug-likeness (QED) is 0.215. The number of carbonyl (C=O) groups excluding carboxylic acids is 3. The normalized spacial score (nSPS) is 11.4. The fourth-order valence-corrected chi connectivity index (χ4v) is 3.66. The SMILES string of the molecule is Cc1ccc(NC(=O)C(OC(=O)CCC(=O)c2cccs2)c2ccccc2)c([N+](=O)[O-])c1. The molecule has 0 bridgehead atoms. The van der Waals surface area contributed by atoms with Gasteiger partial charge in [0.25, 0.3) is 11.6 Å². The number of Topliss-reactive ketones (excluding diaryl/α,β-unsaturated/α-hetero) is 1.